The van der Waals surface area contributed by atoms with Crippen LogP contribution in [0.1, 0.15) is 17.9 Å². The number of rotatable bonds is 6. The third-order valence-corrected chi connectivity index (χ3v) is 4.10. The fourth-order valence-corrected chi connectivity index (χ4v) is 2.72. The van der Waals surface area contributed by atoms with Crippen LogP contribution in [0.5, 0.6) is 11.5 Å². The first-order valence-electron chi connectivity index (χ1n) is 8.43. The second kappa shape index (κ2) is 7.31. The zero-order valence-electron chi connectivity index (χ0n) is 14.1. The highest BCUT2D eigenvalue weighted by atomic mass is 16.7. The molecule has 0 saturated heterocycles. The summed E-state index contributed by atoms with van der Waals surface area (Å²) in [6.45, 7) is 0.683. The Hall–Kier alpha value is -3.28. The van der Waals surface area contributed by atoms with Gasteiger partial charge in [0.25, 0.3) is 0 Å². The van der Waals surface area contributed by atoms with Gasteiger partial charge in [0.1, 0.15) is 0 Å². The van der Waals surface area contributed by atoms with Crippen molar-refractivity contribution in [2.24, 2.45) is 0 Å². The largest absolute Gasteiger partial charge is 0.454 e. The monoisotopic (exact) mass is 350 g/mol. The minimum Gasteiger partial charge on any atom is -0.454 e. The summed E-state index contributed by atoms with van der Waals surface area (Å²) in [6, 6.07) is 15.4. The quantitative estimate of drug-likeness (QED) is 0.738. The van der Waals surface area contributed by atoms with Crippen LogP contribution in [0.25, 0.3) is 11.3 Å². The second-order valence-corrected chi connectivity index (χ2v) is 5.95. The van der Waals surface area contributed by atoms with Crippen molar-refractivity contribution in [3.05, 3.63) is 66.2 Å². The van der Waals surface area contributed by atoms with Crippen LogP contribution in [0, 0.1) is 0 Å². The lowest BCUT2D eigenvalue weighted by molar-refractivity contribution is -0.121. The van der Waals surface area contributed by atoms with E-state index >= 15 is 0 Å². The Balaban J connectivity index is 1.27. The van der Waals surface area contributed by atoms with Crippen LogP contribution in [0.3, 0.4) is 0 Å². The summed E-state index contributed by atoms with van der Waals surface area (Å²) in [5.74, 6) is 2.66. The van der Waals surface area contributed by atoms with Crippen LogP contribution in [0.15, 0.2) is 59.1 Å². The van der Waals surface area contributed by atoms with Crippen LogP contribution >= 0.6 is 0 Å². The maximum atomic E-state index is 12.1. The molecule has 0 aliphatic carbocycles. The van der Waals surface area contributed by atoms with E-state index < -0.39 is 0 Å². The average Bonchev–Trinajstić information content (AvgIpc) is 3.34. The van der Waals surface area contributed by atoms with Gasteiger partial charge < -0.3 is 19.2 Å². The molecule has 1 aliphatic heterocycles. The van der Waals surface area contributed by atoms with Crippen molar-refractivity contribution >= 4 is 5.91 Å². The molecule has 0 atom stereocenters. The molecule has 26 heavy (non-hydrogen) atoms. The molecule has 1 N–H and O–H groups in total. The molecule has 0 saturated carbocycles. The molecule has 1 amide bonds. The zero-order chi connectivity index (χ0) is 17.8. The van der Waals surface area contributed by atoms with Crippen LogP contribution in [-0.2, 0) is 17.8 Å². The molecule has 2 aromatic carbocycles. The normalized spacial score (nSPS) is 12.2. The molecule has 0 unspecified atom stereocenters. The fourth-order valence-electron chi connectivity index (χ4n) is 2.72. The van der Waals surface area contributed by atoms with Crippen molar-refractivity contribution in [3.63, 3.8) is 0 Å². The smallest absolute Gasteiger partial charge is 0.231 e. The van der Waals surface area contributed by atoms with Crippen molar-refractivity contribution in [2.45, 2.75) is 19.4 Å². The summed E-state index contributed by atoms with van der Waals surface area (Å²) in [6.07, 6.45) is 2.47. The number of carbonyl (C=O) groups is 1. The van der Waals surface area contributed by atoms with E-state index in [0.717, 1.165) is 16.9 Å². The van der Waals surface area contributed by atoms with Crippen LogP contribution in [0.4, 0.5) is 0 Å². The molecule has 2 heterocycles. The standard InChI is InChI=1S/C20H18N2O4/c23-19(21-11-14-6-7-16-17(10-14)25-13-24-16)8-9-20-22-12-18(26-20)15-4-2-1-3-5-15/h1-7,10,12H,8-9,11,13H2,(H,21,23). The van der Waals surface area contributed by atoms with Gasteiger partial charge in [-0.1, -0.05) is 36.4 Å². The Labute approximate surface area is 150 Å². The Bertz CT molecular complexity index is 905. The maximum absolute atomic E-state index is 12.1. The first-order valence-corrected chi connectivity index (χ1v) is 8.43. The van der Waals surface area contributed by atoms with Crippen molar-refractivity contribution in [1.82, 2.24) is 10.3 Å². The van der Waals surface area contributed by atoms with Gasteiger partial charge in [0.2, 0.25) is 12.7 Å². The number of carbonyl (C=O) groups excluding carboxylic acids is 1. The molecule has 1 aliphatic rings. The van der Waals surface area contributed by atoms with E-state index in [1.54, 1.807) is 6.20 Å². The number of amides is 1. The molecule has 3 aromatic rings. The van der Waals surface area contributed by atoms with Gasteiger partial charge in [-0.2, -0.15) is 0 Å². The minimum atomic E-state index is -0.0536. The number of hydrogen-bond acceptors (Lipinski definition) is 5. The SMILES string of the molecule is O=C(CCc1ncc(-c2ccccc2)o1)NCc1ccc2c(c1)OCO2. The van der Waals surface area contributed by atoms with Crippen molar-refractivity contribution in [1.29, 1.82) is 0 Å². The van der Waals surface area contributed by atoms with Gasteiger partial charge in [0.15, 0.2) is 23.1 Å². The van der Waals surface area contributed by atoms with E-state index in [4.69, 9.17) is 13.9 Å². The fraction of sp³-hybridized carbons (Fsp3) is 0.200. The number of ether oxygens (including phenoxy) is 2. The van der Waals surface area contributed by atoms with E-state index in [1.807, 2.05) is 48.5 Å². The van der Waals surface area contributed by atoms with Gasteiger partial charge in [0, 0.05) is 24.9 Å². The third kappa shape index (κ3) is 3.69. The topological polar surface area (TPSA) is 73.6 Å². The van der Waals surface area contributed by atoms with E-state index in [1.165, 1.54) is 0 Å². The maximum Gasteiger partial charge on any atom is 0.231 e. The lowest BCUT2D eigenvalue weighted by Crippen LogP contribution is -2.23. The van der Waals surface area contributed by atoms with Gasteiger partial charge in [-0.15, -0.1) is 0 Å². The van der Waals surface area contributed by atoms with Crippen LogP contribution in [0.2, 0.25) is 0 Å². The molecule has 4 rings (SSSR count). The molecular formula is C20H18N2O4. The summed E-state index contributed by atoms with van der Waals surface area (Å²) in [5, 5.41) is 2.89. The van der Waals surface area contributed by atoms with Gasteiger partial charge in [-0.25, -0.2) is 4.98 Å². The predicted octanol–water partition coefficient (Wildman–Crippen LogP) is 3.32. The van der Waals surface area contributed by atoms with Crippen molar-refractivity contribution in [3.8, 4) is 22.8 Å². The molecule has 0 fully saturated rings. The first-order chi connectivity index (χ1) is 12.8. The molecule has 0 radical (unpaired) electrons. The molecule has 6 nitrogen and oxygen atoms in total. The number of aromatic nitrogens is 1. The first kappa shape index (κ1) is 16.2. The van der Waals surface area contributed by atoms with Crippen molar-refractivity contribution in [2.75, 3.05) is 6.79 Å². The van der Waals surface area contributed by atoms with Gasteiger partial charge in [-0.05, 0) is 17.7 Å². The molecule has 1 aromatic heterocycles. The predicted molar refractivity (Wildman–Crippen MR) is 94.7 cm³/mol. The lowest BCUT2D eigenvalue weighted by atomic mass is 10.2. The summed E-state index contributed by atoms with van der Waals surface area (Å²) < 4.78 is 16.3. The zero-order valence-corrected chi connectivity index (χ0v) is 14.1. The van der Waals surface area contributed by atoms with E-state index in [0.29, 0.717) is 36.8 Å². The van der Waals surface area contributed by atoms with E-state index in [2.05, 4.69) is 10.3 Å². The van der Waals surface area contributed by atoms with E-state index in [9.17, 15) is 4.79 Å². The molecule has 0 spiro atoms. The number of benzene rings is 2. The molecular weight excluding hydrogens is 332 g/mol. The van der Waals surface area contributed by atoms with Gasteiger partial charge in [-0.3, -0.25) is 4.79 Å². The number of nitrogens with zero attached hydrogens (tertiary/aromatic N) is 1. The average molecular weight is 350 g/mol. The van der Waals surface area contributed by atoms with Crippen LogP contribution in [-0.4, -0.2) is 17.7 Å². The Morgan fingerprint density at radius 3 is 2.81 bits per heavy atom. The van der Waals surface area contributed by atoms with E-state index in [-0.39, 0.29) is 12.7 Å². The van der Waals surface area contributed by atoms with Gasteiger partial charge in [0.05, 0.1) is 6.20 Å². The Morgan fingerprint density at radius 1 is 1.08 bits per heavy atom. The number of aryl methyl sites for hydroxylation is 1. The molecule has 0 bridgehead atoms. The Morgan fingerprint density at radius 2 is 1.92 bits per heavy atom. The lowest BCUT2D eigenvalue weighted by Gasteiger charge is -2.05. The van der Waals surface area contributed by atoms with Crippen molar-refractivity contribution < 1.29 is 18.7 Å². The number of oxazole rings is 1. The summed E-state index contributed by atoms with van der Waals surface area (Å²) >= 11 is 0. The summed E-state index contributed by atoms with van der Waals surface area (Å²) in [5.41, 5.74) is 1.93. The second-order valence-electron chi connectivity index (χ2n) is 5.95. The highest BCUT2D eigenvalue weighted by Gasteiger charge is 2.14. The van der Waals surface area contributed by atoms with Crippen LogP contribution < -0.4 is 14.8 Å². The number of nitrogens with one attached hydrogen (secondary N) is 1. The minimum absolute atomic E-state index is 0.0536. The number of hydrogen-bond donors (Lipinski definition) is 1. The van der Waals surface area contributed by atoms with Gasteiger partial charge >= 0.3 is 0 Å². The molecule has 132 valence electrons. The summed E-state index contributed by atoms with van der Waals surface area (Å²) in [7, 11) is 0. The third-order valence-electron chi connectivity index (χ3n) is 4.10. The highest BCUT2D eigenvalue weighted by molar-refractivity contribution is 5.76. The molecule has 6 heteroatoms. The highest BCUT2D eigenvalue weighted by Crippen LogP contribution is 2.32. The number of fused-ring (bicyclic) bond motifs is 1. The summed E-state index contributed by atoms with van der Waals surface area (Å²) in [4.78, 5) is 16.3. The Kier molecular flexibility index (Phi) is 4.55.